The van der Waals surface area contributed by atoms with Crippen molar-refractivity contribution in [2.75, 3.05) is 0 Å². The highest BCUT2D eigenvalue weighted by atomic mass is 16.5. The van der Waals surface area contributed by atoms with Crippen LogP contribution in [0.5, 0.6) is 11.8 Å². The Labute approximate surface area is 85.8 Å². The SMILES string of the molecule is O=Cc1cnc(Oc2cccnc2)nc1. The molecule has 2 aromatic heterocycles. The fraction of sp³-hybridized carbons (Fsp3) is 0. The van der Waals surface area contributed by atoms with Crippen molar-refractivity contribution in [3.63, 3.8) is 0 Å². The molecule has 0 N–H and O–H groups in total. The average Bonchev–Trinajstić information content (AvgIpc) is 2.31. The molecule has 0 spiro atoms. The molecule has 0 amide bonds. The predicted octanol–water partition coefficient (Wildman–Crippen LogP) is 1.48. The van der Waals surface area contributed by atoms with Crippen LogP contribution in [0.4, 0.5) is 0 Å². The van der Waals surface area contributed by atoms with Crippen LogP contribution in [0.3, 0.4) is 0 Å². The van der Waals surface area contributed by atoms with E-state index < -0.39 is 0 Å². The molecule has 5 heteroatoms. The molecule has 2 rings (SSSR count). The minimum atomic E-state index is 0.189. The smallest absolute Gasteiger partial charge is 0.321 e. The second-order valence-corrected chi connectivity index (χ2v) is 2.71. The van der Waals surface area contributed by atoms with Gasteiger partial charge in [0.1, 0.15) is 5.75 Å². The van der Waals surface area contributed by atoms with Gasteiger partial charge in [-0.1, -0.05) is 0 Å². The number of nitrogens with zero attached hydrogens (tertiary/aromatic N) is 3. The molecular weight excluding hydrogens is 194 g/mol. The van der Waals surface area contributed by atoms with E-state index in [0.717, 1.165) is 0 Å². The fourth-order valence-electron chi connectivity index (χ4n) is 0.953. The zero-order chi connectivity index (χ0) is 10.5. The lowest BCUT2D eigenvalue weighted by Crippen LogP contribution is -1.93. The molecule has 0 unspecified atom stereocenters. The standard InChI is InChI=1S/C10H7N3O2/c14-7-8-4-12-10(13-5-8)15-9-2-1-3-11-6-9/h1-7H. The Morgan fingerprint density at radius 3 is 2.60 bits per heavy atom. The first-order chi connectivity index (χ1) is 7.38. The Morgan fingerprint density at radius 2 is 2.00 bits per heavy atom. The second-order valence-electron chi connectivity index (χ2n) is 2.71. The molecule has 0 aliphatic rings. The molecule has 15 heavy (non-hydrogen) atoms. The van der Waals surface area contributed by atoms with Gasteiger partial charge in [-0.25, -0.2) is 9.97 Å². The van der Waals surface area contributed by atoms with Crippen LogP contribution in [-0.4, -0.2) is 21.2 Å². The maximum atomic E-state index is 10.3. The van der Waals surface area contributed by atoms with Crippen molar-refractivity contribution in [3.8, 4) is 11.8 Å². The lowest BCUT2D eigenvalue weighted by atomic mass is 10.4. The predicted molar refractivity (Wildman–Crippen MR) is 51.7 cm³/mol. The third-order valence-electron chi connectivity index (χ3n) is 1.63. The molecule has 0 saturated carbocycles. The molecule has 0 atom stereocenters. The number of carbonyl (C=O) groups is 1. The highest BCUT2D eigenvalue weighted by molar-refractivity contribution is 5.73. The van der Waals surface area contributed by atoms with Gasteiger partial charge in [0.05, 0.1) is 11.8 Å². The van der Waals surface area contributed by atoms with Crippen molar-refractivity contribution in [1.29, 1.82) is 0 Å². The molecule has 0 aliphatic heterocycles. The van der Waals surface area contributed by atoms with Crippen molar-refractivity contribution >= 4 is 6.29 Å². The van der Waals surface area contributed by atoms with Gasteiger partial charge in [0.25, 0.3) is 0 Å². The van der Waals surface area contributed by atoms with Gasteiger partial charge in [-0.15, -0.1) is 0 Å². The Kier molecular flexibility index (Phi) is 2.64. The van der Waals surface area contributed by atoms with E-state index in [0.29, 0.717) is 17.6 Å². The van der Waals surface area contributed by atoms with Crippen LogP contribution in [0.1, 0.15) is 10.4 Å². The number of aromatic nitrogens is 3. The fourth-order valence-corrected chi connectivity index (χ4v) is 0.953. The second kappa shape index (κ2) is 4.28. The number of pyridine rings is 1. The zero-order valence-corrected chi connectivity index (χ0v) is 7.70. The molecular formula is C10H7N3O2. The van der Waals surface area contributed by atoms with Gasteiger partial charge in [-0.2, -0.15) is 0 Å². The summed E-state index contributed by atoms with van der Waals surface area (Å²) in [4.78, 5) is 21.9. The molecule has 0 radical (unpaired) electrons. The van der Waals surface area contributed by atoms with Gasteiger partial charge in [0.15, 0.2) is 6.29 Å². The summed E-state index contributed by atoms with van der Waals surface area (Å²) in [5, 5.41) is 0. The molecule has 0 aromatic carbocycles. The number of rotatable bonds is 3. The van der Waals surface area contributed by atoms with Crippen LogP contribution in [0.15, 0.2) is 36.9 Å². The van der Waals surface area contributed by atoms with Crippen LogP contribution in [0, 0.1) is 0 Å². The van der Waals surface area contributed by atoms with E-state index in [9.17, 15) is 4.79 Å². The van der Waals surface area contributed by atoms with Crippen LogP contribution >= 0.6 is 0 Å². The normalized spacial score (nSPS) is 9.60. The summed E-state index contributed by atoms with van der Waals surface area (Å²) in [5.74, 6) is 0.552. The van der Waals surface area contributed by atoms with E-state index in [1.165, 1.54) is 12.4 Å². The van der Waals surface area contributed by atoms with Crippen LogP contribution < -0.4 is 4.74 Å². The van der Waals surface area contributed by atoms with Crippen molar-refractivity contribution in [2.45, 2.75) is 0 Å². The molecule has 74 valence electrons. The number of aldehydes is 1. The monoisotopic (exact) mass is 201 g/mol. The zero-order valence-electron chi connectivity index (χ0n) is 7.70. The topological polar surface area (TPSA) is 65.0 Å². The van der Waals surface area contributed by atoms with Crippen LogP contribution in [0.2, 0.25) is 0 Å². The van der Waals surface area contributed by atoms with E-state index in [4.69, 9.17) is 4.74 Å². The largest absolute Gasteiger partial charge is 0.423 e. The van der Waals surface area contributed by atoms with Gasteiger partial charge in [0.2, 0.25) is 0 Å². The summed E-state index contributed by atoms with van der Waals surface area (Å²) in [6.45, 7) is 0. The van der Waals surface area contributed by atoms with Crippen molar-refractivity contribution < 1.29 is 9.53 Å². The van der Waals surface area contributed by atoms with Gasteiger partial charge in [-0.05, 0) is 12.1 Å². The first-order valence-electron chi connectivity index (χ1n) is 4.23. The van der Waals surface area contributed by atoms with E-state index in [2.05, 4.69) is 15.0 Å². The summed E-state index contributed by atoms with van der Waals surface area (Å²) < 4.78 is 5.28. The quantitative estimate of drug-likeness (QED) is 0.703. The Balaban J connectivity index is 2.15. The first kappa shape index (κ1) is 9.26. The summed E-state index contributed by atoms with van der Waals surface area (Å²) in [6, 6.07) is 3.67. The minimum absolute atomic E-state index is 0.189. The third kappa shape index (κ3) is 2.34. The molecule has 2 aromatic rings. The van der Waals surface area contributed by atoms with Gasteiger partial charge in [-0.3, -0.25) is 9.78 Å². The molecule has 5 nitrogen and oxygen atoms in total. The van der Waals surface area contributed by atoms with Crippen molar-refractivity contribution in [2.24, 2.45) is 0 Å². The lowest BCUT2D eigenvalue weighted by molar-refractivity contribution is 0.112. The van der Waals surface area contributed by atoms with Crippen molar-refractivity contribution in [3.05, 3.63) is 42.5 Å². The van der Waals surface area contributed by atoms with E-state index in [1.54, 1.807) is 24.5 Å². The molecule has 0 saturated heterocycles. The van der Waals surface area contributed by atoms with Crippen molar-refractivity contribution in [1.82, 2.24) is 15.0 Å². The van der Waals surface area contributed by atoms with E-state index in [1.807, 2.05) is 0 Å². The lowest BCUT2D eigenvalue weighted by Gasteiger charge is -2.01. The number of hydrogen-bond donors (Lipinski definition) is 0. The summed E-state index contributed by atoms with van der Waals surface area (Å²) >= 11 is 0. The minimum Gasteiger partial charge on any atom is -0.423 e. The third-order valence-corrected chi connectivity index (χ3v) is 1.63. The Bertz CT molecular complexity index is 442. The first-order valence-corrected chi connectivity index (χ1v) is 4.23. The Hall–Kier alpha value is -2.30. The van der Waals surface area contributed by atoms with Crippen LogP contribution in [-0.2, 0) is 0 Å². The van der Waals surface area contributed by atoms with Crippen LogP contribution in [0.25, 0.3) is 0 Å². The summed E-state index contributed by atoms with van der Waals surface area (Å²) in [5.41, 5.74) is 0.411. The van der Waals surface area contributed by atoms with E-state index >= 15 is 0 Å². The average molecular weight is 201 g/mol. The molecule has 0 bridgehead atoms. The number of hydrogen-bond acceptors (Lipinski definition) is 5. The van der Waals surface area contributed by atoms with Gasteiger partial charge in [0, 0.05) is 18.6 Å². The van der Waals surface area contributed by atoms with Gasteiger partial charge < -0.3 is 4.74 Å². The summed E-state index contributed by atoms with van der Waals surface area (Å²) in [6.07, 6.45) is 6.66. The molecule has 2 heterocycles. The van der Waals surface area contributed by atoms with Gasteiger partial charge >= 0.3 is 6.01 Å². The summed E-state index contributed by atoms with van der Waals surface area (Å²) in [7, 11) is 0. The number of ether oxygens (including phenoxy) is 1. The van der Waals surface area contributed by atoms with E-state index in [-0.39, 0.29) is 6.01 Å². The Morgan fingerprint density at radius 1 is 1.20 bits per heavy atom. The highest BCUT2D eigenvalue weighted by Crippen LogP contribution is 2.14. The molecule has 0 aliphatic carbocycles. The molecule has 0 fully saturated rings. The highest BCUT2D eigenvalue weighted by Gasteiger charge is 1.99. The maximum Gasteiger partial charge on any atom is 0.321 e. The number of carbonyl (C=O) groups excluding carboxylic acids is 1. The maximum absolute atomic E-state index is 10.3.